The highest BCUT2D eigenvalue weighted by atomic mass is 16.5. The Bertz CT molecular complexity index is 651. The Morgan fingerprint density at radius 3 is 2.64 bits per heavy atom. The van der Waals surface area contributed by atoms with Gasteiger partial charge in [-0.05, 0) is 25.7 Å². The zero-order valence-corrected chi connectivity index (χ0v) is 14.7. The fourth-order valence-electron chi connectivity index (χ4n) is 3.63. The van der Waals surface area contributed by atoms with Gasteiger partial charge in [-0.2, -0.15) is 0 Å². The van der Waals surface area contributed by atoms with Crippen molar-refractivity contribution in [1.29, 1.82) is 0 Å². The molecule has 0 radical (unpaired) electrons. The molecule has 1 N–H and O–H groups in total. The first-order chi connectivity index (χ1) is 12.2. The SMILES string of the molecule is COCCNC(=O)CN1C(=O)C(c2ccccc2)=NC12CCCCC2. The Hall–Kier alpha value is -2.21. The molecule has 134 valence electrons. The number of nitrogens with zero attached hydrogens (tertiary/aromatic N) is 2. The lowest BCUT2D eigenvalue weighted by atomic mass is 9.88. The third-order valence-electron chi connectivity index (χ3n) is 4.90. The number of methoxy groups -OCH3 is 1. The zero-order valence-electron chi connectivity index (χ0n) is 14.7. The fraction of sp³-hybridized carbons (Fsp3) is 0.526. The number of amides is 2. The molecule has 0 saturated heterocycles. The molecule has 0 unspecified atom stereocenters. The highest BCUT2D eigenvalue weighted by molar-refractivity contribution is 6.47. The summed E-state index contributed by atoms with van der Waals surface area (Å²) in [6.45, 7) is 0.940. The van der Waals surface area contributed by atoms with E-state index in [4.69, 9.17) is 9.73 Å². The van der Waals surface area contributed by atoms with Gasteiger partial charge in [0.1, 0.15) is 17.9 Å². The van der Waals surface area contributed by atoms with Gasteiger partial charge in [-0.1, -0.05) is 36.8 Å². The average molecular weight is 343 g/mol. The number of benzene rings is 1. The molecule has 1 aromatic carbocycles. The molecule has 1 spiro atoms. The number of hydrogen-bond acceptors (Lipinski definition) is 4. The fourth-order valence-corrected chi connectivity index (χ4v) is 3.63. The molecule has 2 aliphatic rings. The number of nitrogens with one attached hydrogen (secondary N) is 1. The van der Waals surface area contributed by atoms with Crippen LogP contribution in [0.1, 0.15) is 37.7 Å². The minimum Gasteiger partial charge on any atom is -0.383 e. The van der Waals surface area contributed by atoms with E-state index >= 15 is 0 Å². The summed E-state index contributed by atoms with van der Waals surface area (Å²) in [5.74, 6) is -0.310. The monoisotopic (exact) mass is 343 g/mol. The minimum absolute atomic E-state index is 0.0440. The maximum atomic E-state index is 13.0. The summed E-state index contributed by atoms with van der Waals surface area (Å²) in [4.78, 5) is 31.8. The minimum atomic E-state index is -0.556. The van der Waals surface area contributed by atoms with Crippen LogP contribution in [0.3, 0.4) is 0 Å². The topological polar surface area (TPSA) is 71.0 Å². The van der Waals surface area contributed by atoms with Crippen molar-refractivity contribution in [2.45, 2.75) is 37.8 Å². The largest absolute Gasteiger partial charge is 0.383 e. The smallest absolute Gasteiger partial charge is 0.275 e. The molecule has 0 atom stereocenters. The van der Waals surface area contributed by atoms with Crippen LogP contribution >= 0.6 is 0 Å². The van der Waals surface area contributed by atoms with E-state index in [-0.39, 0.29) is 18.4 Å². The van der Waals surface area contributed by atoms with Crippen molar-refractivity contribution in [2.75, 3.05) is 26.8 Å². The van der Waals surface area contributed by atoms with Gasteiger partial charge in [0.25, 0.3) is 5.91 Å². The summed E-state index contributed by atoms with van der Waals surface area (Å²) < 4.78 is 4.95. The second-order valence-corrected chi connectivity index (χ2v) is 6.60. The summed E-state index contributed by atoms with van der Waals surface area (Å²) in [6.07, 6.45) is 4.85. The van der Waals surface area contributed by atoms with Crippen molar-refractivity contribution >= 4 is 17.5 Å². The number of aliphatic imine (C=N–C) groups is 1. The van der Waals surface area contributed by atoms with Crippen molar-refractivity contribution < 1.29 is 14.3 Å². The van der Waals surface area contributed by atoms with E-state index in [0.717, 1.165) is 37.7 Å². The van der Waals surface area contributed by atoms with E-state index in [9.17, 15) is 9.59 Å². The quantitative estimate of drug-likeness (QED) is 0.800. The van der Waals surface area contributed by atoms with Gasteiger partial charge in [0, 0.05) is 19.2 Å². The number of carbonyl (C=O) groups is 2. The summed E-state index contributed by atoms with van der Waals surface area (Å²) in [7, 11) is 1.59. The van der Waals surface area contributed by atoms with Gasteiger partial charge < -0.3 is 15.0 Å². The summed E-state index contributed by atoms with van der Waals surface area (Å²) in [5.41, 5.74) is 0.742. The summed E-state index contributed by atoms with van der Waals surface area (Å²) in [5, 5.41) is 2.80. The lowest BCUT2D eigenvalue weighted by molar-refractivity contribution is -0.136. The van der Waals surface area contributed by atoms with Crippen LogP contribution in [0.2, 0.25) is 0 Å². The summed E-state index contributed by atoms with van der Waals surface area (Å²) >= 11 is 0. The molecule has 1 aliphatic heterocycles. The van der Waals surface area contributed by atoms with Gasteiger partial charge in [-0.15, -0.1) is 0 Å². The highest BCUT2D eigenvalue weighted by Crippen LogP contribution is 2.39. The number of rotatable bonds is 6. The molecule has 1 heterocycles. The molecule has 3 rings (SSSR count). The Labute approximate surface area is 148 Å². The maximum Gasteiger partial charge on any atom is 0.275 e. The van der Waals surface area contributed by atoms with E-state index < -0.39 is 5.66 Å². The standard InChI is InChI=1S/C19H25N3O3/c1-25-13-12-20-16(23)14-22-18(24)17(15-8-4-2-5-9-15)21-19(22)10-6-3-7-11-19/h2,4-5,8-9H,3,6-7,10-14H2,1H3,(H,20,23). The van der Waals surface area contributed by atoms with Gasteiger partial charge in [0.05, 0.1) is 6.61 Å². The van der Waals surface area contributed by atoms with E-state index in [1.807, 2.05) is 30.3 Å². The van der Waals surface area contributed by atoms with Gasteiger partial charge >= 0.3 is 0 Å². The predicted octanol–water partition coefficient (Wildman–Crippen LogP) is 1.74. The van der Waals surface area contributed by atoms with Crippen molar-refractivity contribution in [2.24, 2.45) is 4.99 Å². The third kappa shape index (κ3) is 3.74. The van der Waals surface area contributed by atoms with Crippen LogP contribution in [0.4, 0.5) is 0 Å². The van der Waals surface area contributed by atoms with Crippen LogP contribution in [0.15, 0.2) is 35.3 Å². The van der Waals surface area contributed by atoms with Gasteiger partial charge in [0.2, 0.25) is 5.91 Å². The van der Waals surface area contributed by atoms with Gasteiger partial charge in [-0.25, -0.2) is 0 Å². The van der Waals surface area contributed by atoms with Crippen LogP contribution in [0.25, 0.3) is 0 Å². The van der Waals surface area contributed by atoms with Crippen molar-refractivity contribution in [1.82, 2.24) is 10.2 Å². The molecule has 1 aliphatic carbocycles. The molecule has 25 heavy (non-hydrogen) atoms. The molecule has 1 fully saturated rings. The van der Waals surface area contributed by atoms with E-state index in [0.29, 0.717) is 18.9 Å². The van der Waals surface area contributed by atoms with E-state index in [2.05, 4.69) is 5.32 Å². The van der Waals surface area contributed by atoms with Crippen LogP contribution in [-0.4, -0.2) is 54.9 Å². The molecule has 6 nitrogen and oxygen atoms in total. The van der Waals surface area contributed by atoms with Crippen molar-refractivity contribution in [3.8, 4) is 0 Å². The normalized spacial score (nSPS) is 19.2. The first-order valence-electron chi connectivity index (χ1n) is 8.89. The zero-order chi connectivity index (χ0) is 17.7. The maximum absolute atomic E-state index is 13.0. The molecule has 1 aromatic rings. The first-order valence-corrected chi connectivity index (χ1v) is 8.89. The van der Waals surface area contributed by atoms with Crippen molar-refractivity contribution in [3.63, 3.8) is 0 Å². The van der Waals surface area contributed by atoms with Crippen LogP contribution in [-0.2, 0) is 14.3 Å². The average Bonchev–Trinajstić information content (AvgIpc) is 2.89. The predicted molar refractivity (Wildman–Crippen MR) is 95.4 cm³/mol. The molecule has 6 heteroatoms. The Morgan fingerprint density at radius 1 is 1.24 bits per heavy atom. The second kappa shape index (κ2) is 7.78. The van der Waals surface area contributed by atoms with Gasteiger partial charge in [0.15, 0.2) is 0 Å². The molecule has 0 aromatic heterocycles. The van der Waals surface area contributed by atoms with Crippen molar-refractivity contribution in [3.05, 3.63) is 35.9 Å². The Morgan fingerprint density at radius 2 is 1.96 bits per heavy atom. The van der Waals surface area contributed by atoms with Crippen LogP contribution < -0.4 is 5.32 Å². The Kier molecular flexibility index (Phi) is 5.48. The lowest BCUT2D eigenvalue weighted by Crippen LogP contribution is -2.52. The molecule has 2 amide bonds. The lowest BCUT2D eigenvalue weighted by Gasteiger charge is -2.38. The highest BCUT2D eigenvalue weighted by Gasteiger charge is 2.48. The Balaban J connectivity index is 1.81. The first kappa shape index (κ1) is 17.6. The van der Waals surface area contributed by atoms with E-state index in [1.54, 1.807) is 12.0 Å². The number of hydrogen-bond donors (Lipinski definition) is 1. The third-order valence-corrected chi connectivity index (χ3v) is 4.90. The van der Waals surface area contributed by atoms with E-state index in [1.165, 1.54) is 0 Å². The number of carbonyl (C=O) groups excluding carboxylic acids is 2. The molecule has 1 saturated carbocycles. The number of ether oxygens (including phenoxy) is 1. The van der Waals surface area contributed by atoms with Crippen LogP contribution in [0, 0.1) is 0 Å². The molecular formula is C19H25N3O3. The molecule has 0 bridgehead atoms. The van der Waals surface area contributed by atoms with Crippen LogP contribution in [0.5, 0.6) is 0 Å². The second-order valence-electron chi connectivity index (χ2n) is 6.60. The summed E-state index contributed by atoms with van der Waals surface area (Å²) in [6, 6.07) is 9.52. The van der Waals surface area contributed by atoms with Gasteiger partial charge in [-0.3, -0.25) is 14.6 Å². The molecular weight excluding hydrogens is 318 g/mol.